The van der Waals surface area contributed by atoms with Crippen molar-refractivity contribution >= 4 is 23.6 Å². The van der Waals surface area contributed by atoms with Gasteiger partial charge in [0.1, 0.15) is 6.04 Å². The van der Waals surface area contributed by atoms with E-state index in [0.717, 1.165) is 18.6 Å². The van der Waals surface area contributed by atoms with Gasteiger partial charge in [-0.1, -0.05) is 129 Å². The van der Waals surface area contributed by atoms with E-state index >= 15 is 0 Å². The molecule has 0 fully saturated rings. The number of carboxylic acid groups (broad SMARTS) is 1. The lowest BCUT2D eigenvalue weighted by Crippen LogP contribution is -2.41. The largest absolute Gasteiger partial charge is 0.480 e. The molecule has 0 heterocycles. The topological polar surface area (TPSA) is 66.4 Å². The van der Waals surface area contributed by atoms with Crippen LogP contribution in [-0.4, -0.2) is 35.0 Å². The third-order valence-corrected chi connectivity index (χ3v) is 7.15. The first-order valence-corrected chi connectivity index (χ1v) is 15.5. The van der Waals surface area contributed by atoms with Gasteiger partial charge in [-0.3, -0.25) is 4.79 Å². The van der Waals surface area contributed by atoms with Gasteiger partial charge in [0.05, 0.1) is 0 Å². The molecule has 4 nitrogen and oxygen atoms in total. The molecule has 1 amide bonds. The van der Waals surface area contributed by atoms with Gasteiger partial charge in [0.2, 0.25) is 5.91 Å². The summed E-state index contributed by atoms with van der Waals surface area (Å²) in [6.07, 6.45) is 29.7. The first-order chi connectivity index (χ1) is 16.1. The number of rotatable bonds is 26. The first kappa shape index (κ1) is 32.3. The molecule has 0 radical (unpaired) electrons. The van der Waals surface area contributed by atoms with E-state index in [1.165, 1.54) is 116 Å². The van der Waals surface area contributed by atoms with Gasteiger partial charge in [0, 0.05) is 6.42 Å². The van der Waals surface area contributed by atoms with Crippen molar-refractivity contribution in [1.29, 1.82) is 0 Å². The van der Waals surface area contributed by atoms with Crippen molar-refractivity contribution in [1.82, 2.24) is 5.32 Å². The number of carbonyl (C=O) groups is 2. The predicted molar refractivity (Wildman–Crippen MR) is 145 cm³/mol. The summed E-state index contributed by atoms with van der Waals surface area (Å²) in [6, 6.07) is -0.741. The molecule has 0 aromatic rings. The summed E-state index contributed by atoms with van der Waals surface area (Å²) in [4.78, 5) is 23.1. The van der Waals surface area contributed by atoms with Crippen LogP contribution in [0.1, 0.15) is 148 Å². The van der Waals surface area contributed by atoms with Gasteiger partial charge in [-0.25, -0.2) is 4.79 Å². The van der Waals surface area contributed by atoms with E-state index in [9.17, 15) is 9.59 Å². The van der Waals surface area contributed by atoms with E-state index in [-0.39, 0.29) is 5.91 Å². The fourth-order valence-electron chi connectivity index (χ4n) is 4.30. The Bertz CT molecular complexity index is 445. The lowest BCUT2D eigenvalue weighted by atomic mass is 10.0. The van der Waals surface area contributed by atoms with Crippen molar-refractivity contribution in [2.45, 2.75) is 154 Å². The molecule has 1 atom stereocenters. The van der Waals surface area contributed by atoms with Gasteiger partial charge in [-0.05, 0) is 24.9 Å². The number of thioether (sulfide) groups is 1. The second-order valence-electron chi connectivity index (χ2n) is 9.71. The Morgan fingerprint density at radius 1 is 0.667 bits per heavy atom. The van der Waals surface area contributed by atoms with Crippen LogP contribution in [0, 0.1) is 0 Å². The first-order valence-electron chi connectivity index (χ1n) is 14.1. The zero-order valence-corrected chi connectivity index (χ0v) is 22.8. The monoisotopic (exact) mass is 485 g/mol. The normalized spacial score (nSPS) is 12.1. The summed E-state index contributed by atoms with van der Waals surface area (Å²) in [7, 11) is 0. The standard InChI is InChI=1S/C28H55NO3S/c1-3-4-5-6-7-8-9-10-11-12-13-14-15-16-17-18-19-20-21-22-23-27(30)29-26(28(31)32)24-25-33-2/h26H,3-25H2,1-2H3,(H,29,30)(H,31,32)/t26-/m0/s1. The highest BCUT2D eigenvalue weighted by Crippen LogP contribution is 2.15. The van der Waals surface area contributed by atoms with Gasteiger partial charge in [0.15, 0.2) is 0 Å². The van der Waals surface area contributed by atoms with Crippen LogP contribution in [0.2, 0.25) is 0 Å². The fraction of sp³-hybridized carbons (Fsp3) is 0.929. The average Bonchev–Trinajstić information content (AvgIpc) is 2.80. The second-order valence-corrected chi connectivity index (χ2v) is 10.7. The van der Waals surface area contributed by atoms with Gasteiger partial charge >= 0.3 is 5.97 Å². The molecule has 0 aromatic carbocycles. The smallest absolute Gasteiger partial charge is 0.326 e. The number of aliphatic carboxylic acids is 1. The van der Waals surface area contributed by atoms with Crippen LogP contribution >= 0.6 is 11.8 Å². The Morgan fingerprint density at radius 2 is 1.03 bits per heavy atom. The maximum absolute atomic E-state index is 11.9. The Kier molecular flexibility index (Phi) is 25.3. The van der Waals surface area contributed by atoms with Crippen LogP contribution in [-0.2, 0) is 9.59 Å². The molecule has 0 spiro atoms. The van der Waals surface area contributed by atoms with Crippen molar-refractivity contribution in [3.63, 3.8) is 0 Å². The van der Waals surface area contributed by atoms with Crippen LogP contribution in [0.25, 0.3) is 0 Å². The Hall–Kier alpha value is -0.710. The third-order valence-electron chi connectivity index (χ3n) is 6.50. The van der Waals surface area contributed by atoms with Gasteiger partial charge in [0.25, 0.3) is 0 Å². The molecule has 0 bridgehead atoms. The minimum atomic E-state index is -0.930. The fourth-order valence-corrected chi connectivity index (χ4v) is 4.77. The zero-order chi connectivity index (χ0) is 24.4. The van der Waals surface area contributed by atoms with Crippen molar-refractivity contribution in [2.24, 2.45) is 0 Å². The zero-order valence-electron chi connectivity index (χ0n) is 22.0. The third kappa shape index (κ3) is 24.2. The number of hydrogen-bond acceptors (Lipinski definition) is 3. The van der Waals surface area contributed by atoms with Crippen LogP contribution in [0.3, 0.4) is 0 Å². The number of nitrogens with one attached hydrogen (secondary N) is 1. The maximum Gasteiger partial charge on any atom is 0.326 e. The summed E-state index contributed by atoms with van der Waals surface area (Å²) in [5.41, 5.74) is 0. The quantitative estimate of drug-likeness (QED) is 0.120. The summed E-state index contributed by atoms with van der Waals surface area (Å²) >= 11 is 1.60. The summed E-state index contributed by atoms with van der Waals surface area (Å²) in [5.74, 6) is -0.303. The molecule has 0 aromatic heterocycles. The minimum absolute atomic E-state index is 0.120. The number of unbranched alkanes of at least 4 members (excludes halogenated alkanes) is 19. The van der Waals surface area contributed by atoms with E-state index in [4.69, 9.17) is 5.11 Å². The molecule has 196 valence electrons. The summed E-state index contributed by atoms with van der Waals surface area (Å²) in [5, 5.41) is 11.8. The van der Waals surface area contributed by atoms with E-state index < -0.39 is 12.0 Å². The van der Waals surface area contributed by atoms with E-state index in [0.29, 0.717) is 12.8 Å². The molecule has 0 saturated heterocycles. The van der Waals surface area contributed by atoms with Crippen LogP contribution < -0.4 is 5.32 Å². The highest BCUT2D eigenvalue weighted by molar-refractivity contribution is 7.98. The van der Waals surface area contributed by atoms with Crippen LogP contribution in [0.4, 0.5) is 0 Å². The highest BCUT2D eigenvalue weighted by atomic mass is 32.2. The molecule has 0 saturated carbocycles. The number of amides is 1. The molecule has 5 heteroatoms. The van der Waals surface area contributed by atoms with Gasteiger partial charge in [-0.2, -0.15) is 11.8 Å². The maximum atomic E-state index is 11.9. The van der Waals surface area contributed by atoms with E-state index in [2.05, 4.69) is 12.2 Å². The van der Waals surface area contributed by atoms with Crippen LogP contribution in [0.15, 0.2) is 0 Å². The molecule has 0 rings (SSSR count). The Labute approximate surface area is 209 Å². The SMILES string of the molecule is CCCCCCCCCCCCCCCCCCCCCCC(=O)N[C@@H](CCSC)C(=O)O. The van der Waals surface area contributed by atoms with Crippen molar-refractivity contribution in [2.75, 3.05) is 12.0 Å². The van der Waals surface area contributed by atoms with Crippen LogP contribution in [0.5, 0.6) is 0 Å². The molecule has 0 aliphatic heterocycles. The molecular formula is C28H55NO3S. The Morgan fingerprint density at radius 3 is 1.36 bits per heavy atom. The van der Waals surface area contributed by atoms with Gasteiger partial charge in [-0.15, -0.1) is 0 Å². The minimum Gasteiger partial charge on any atom is -0.480 e. The lowest BCUT2D eigenvalue weighted by Gasteiger charge is -2.13. The predicted octanol–water partition coefficient (Wildman–Crippen LogP) is 8.52. The number of carbonyl (C=O) groups excluding carboxylic acids is 1. The van der Waals surface area contributed by atoms with E-state index in [1.54, 1.807) is 11.8 Å². The molecule has 0 unspecified atom stereocenters. The second kappa shape index (κ2) is 25.9. The molecule has 2 N–H and O–H groups in total. The molecule has 0 aliphatic carbocycles. The molecule has 33 heavy (non-hydrogen) atoms. The lowest BCUT2D eigenvalue weighted by molar-refractivity contribution is -0.141. The van der Waals surface area contributed by atoms with Crippen molar-refractivity contribution in [3.8, 4) is 0 Å². The number of hydrogen-bond donors (Lipinski definition) is 2. The van der Waals surface area contributed by atoms with E-state index in [1.807, 2.05) is 6.26 Å². The highest BCUT2D eigenvalue weighted by Gasteiger charge is 2.18. The van der Waals surface area contributed by atoms with Crippen molar-refractivity contribution in [3.05, 3.63) is 0 Å². The van der Waals surface area contributed by atoms with Gasteiger partial charge < -0.3 is 10.4 Å². The number of carboxylic acids is 1. The average molecular weight is 486 g/mol. The molecule has 0 aliphatic rings. The summed E-state index contributed by atoms with van der Waals surface area (Å²) in [6.45, 7) is 2.28. The summed E-state index contributed by atoms with van der Waals surface area (Å²) < 4.78 is 0. The molecular weight excluding hydrogens is 430 g/mol. The van der Waals surface area contributed by atoms with Crippen molar-refractivity contribution < 1.29 is 14.7 Å². The Balaban J connectivity index is 3.29.